The lowest BCUT2D eigenvalue weighted by Gasteiger charge is -2.23. The summed E-state index contributed by atoms with van der Waals surface area (Å²) in [7, 11) is 1.60. The molecule has 0 saturated heterocycles. The van der Waals surface area contributed by atoms with Crippen LogP contribution in [0.25, 0.3) is 0 Å². The molecule has 0 bridgehead atoms. The molecule has 8 nitrogen and oxygen atoms in total. The second-order valence-electron chi connectivity index (χ2n) is 7.51. The van der Waals surface area contributed by atoms with Gasteiger partial charge in [0.1, 0.15) is 12.3 Å². The lowest BCUT2D eigenvalue weighted by atomic mass is 10.1. The molecule has 0 spiro atoms. The van der Waals surface area contributed by atoms with Crippen molar-refractivity contribution >= 4 is 39.9 Å². The number of ether oxygens (including phenoxy) is 1. The fourth-order valence-corrected chi connectivity index (χ4v) is 3.75. The van der Waals surface area contributed by atoms with E-state index in [9.17, 15) is 14.4 Å². The zero-order chi connectivity index (χ0) is 24.3. The number of amides is 3. The van der Waals surface area contributed by atoms with E-state index in [1.54, 1.807) is 18.7 Å². The van der Waals surface area contributed by atoms with Gasteiger partial charge in [-0.2, -0.15) is 0 Å². The van der Waals surface area contributed by atoms with Crippen LogP contribution in [-0.4, -0.2) is 36.4 Å². The van der Waals surface area contributed by atoms with Gasteiger partial charge in [0.25, 0.3) is 0 Å². The summed E-state index contributed by atoms with van der Waals surface area (Å²) < 4.78 is 5.15. The molecule has 2 aromatic carbocycles. The minimum absolute atomic E-state index is 0.00454. The molecule has 3 rings (SSSR count). The highest BCUT2D eigenvalue weighted by Gasteiger charge is 2.20. The van der Waals surface area contributed by atoms with Gasteiger partial charge in [-0.3, -0.25) is 14.4 Å². The molecule has 2 N–H and O–H groups in total. The molecule has 1 heterocycles. The van der Waals surface area contributed by atoms with E-state index in [-0.39, 0.29) is 37.1 Å². The Kier molecular flexibility index (Phi) is 9.16. The number of hydrogen-bond donors (Lipinski definition) is 2. The summed E-state index contributed by atoms with van der Waals surface area (Å²) in [5.41, 5.74) is 2.66. The maximum atomic E-state index is 13.0. The fraction of sp³-hybridized carbons (Fsp3) is 0.280. The average molecular weight is 481 g/mol. The summed E-state index contributed by atoms with van der Waals surface area (Å²) in [6.45, 7) is 2.23. The van der Waals surface area contributed by atoms with Gasteiger partial charge in [0.2, 0.25) is 17.7 Å². The lowest BCUT2D eigenvalue weighted by molar-refractivity contribution is -0.125. The highest BCUT2D eigenvalue weighted by Crippen LogP contribution is 2.18. The summed E-state index contributed by atoms with van der Waals surface area (Å²) in [6.07, 6.45) is 2.43. The second-order valence-corrected chi connectivity index (χ2v) is 8.40. The van der Waals surface area contributed by atoms with Crippen molar-refractivity contribution in [3.8, 4) is 5.75 Å². The number of rotatable bonds is 11. The first-order valence-corrected chi connectivity index (χ1v) is 11.8. The number of aromatic nitrogens is 1. The smallest absolute Gasteiger partial charge is 0.240 e. The molecule has 0 aliphatic heterocycles. The summed E-state index contributed by atoms with van der Waals surface area (Å²) >= 11 is 1.31. The van der Waals surface area contributed by atoms with Crippen LogP contribution in [0.15, 0.2) is 60.1 Å². The molecule has 34 heavy (non-hydrogen) atoms. The zero-order valence-electron chi connectivity index (χ0n) is 19.2. The van der Waals surface area contributed by atoms with Crippen LogP contribution in [0.4, 0.5) is 10.8 Å². The van der Waals surface area contributed by atoms with Crippen LogP contribution in [0.1, 0.15) is 30.9 Å². The van der Waals surface area contributed by atoms with Crippen molar-refractivity contribution in [3.63, 3.8) is 0 Å². The Morgan fingerprint density at radius 3 is 2.29 bits per heavy atom. The molecule has 0 unspecified atom stereocenters. The molecule has 9 heteroatoms. The zero-order valence-corrected chi connectivity index (χ0v) is 20.1. The first-order valence-electron chi connectivity index (χ1n) is 11.0. The van der Waals surface area contributed by atoms with Gasteiger partial charge < -0.3 is 20.3 Å². The number of carbonyl (C=O) groups is 3. The summed E-state index contributed by atoms with van der Waals surface area (Å²) in [5.74, 6) is -0.163. The van der Waals surface area contributed by atoms with Crippen LogP contribution >= 0.6 is 11.3 Å². The number of carbonyl (C=O) groups excluding carboxylic acids is 3. The van der Waals surface area contributed by atoms with Gasteiger partial charge in [-0.1, -0.05) is 31.2 Å². The number of hydrogen-bond acceptors (Lipinski definition) is 6. The molecular weight excluding hydrogens is 452 g/mol. The van der Waals surface area contributed by atoms with E-state index in [1.807, 2.05) is 55.5 Å². The van der Waals surface area contributed by atoms with Crippen molar-refractivity contribution in [2.45, 2.75) is 32.7 Å². The number of aryl methyl sites for hydroxylation is 1. The van der Waals surface area contributed by atoms with Crippen molar-refractivity contribution in [3.05, 3.63) is 71.2 Å². The van der Waals surface area contributed by atoms with Crippen LogP contribution in [-0.2, 0) is 27.3 Å². The number of anilines is 2. The minimum Gasteiger partial charge on any atom is -0.497 e. The maximum absolute atomic E-state index is 13.0. The predicted octanol–water partition coefficient (Wildman–Crippen LogP) is 3.78. The SMILES string of the molecule is CCc1ccc(N(CC(=O)NCc2ccc(OC)cc2)C(=O)CCC(=O)Nc2nccs2)cc1. The minimum atomic E-state index is -0.307. The molecule has 0 atom stereocenters. The third-order valence-corrected chi connectivity index (χ3v) is 5.84. The van der Waals surface area contributed by atoms with Crippen LogP contribution in [0.3, 0.4) is 0 Å². The standard InChI is InChI=1S/C25H28N4O4S/c1-3-18-4-8-20(9-5-18)29(24(32)13-12-22(30)28-25-26-14-15-34-25)17-23(31)27-16-19-6-10-21(33-2)11-7-19/h4-11,14-15H,3,12-13,16-17H2,1-2H3,(H,27,31)(H,26,28,30). The molecule has 178 valence electrons. The lowest BCUT2D eigenvalue weighted by Crippen LogP contribution is -2.41. The Morgan fingerprint density at radius 2 is 1.68 bits per heavy atom. The highest BCUT2D eigenvalue weighted by atomic mass is 32.1. The van der Waals surface area contributed by atoms with Crippen molar-refractivity contribution in [1.29, 1.82) is 0 Å². The Labute approximate surface area is 203 Å². The topological polar surface area (TPSA) is 101 Å². The van der Waals surface area contributed by atoms with Crippen LogP contribution in [0.5, 0.6) is 5.75 Å². The number of nitrogens with zero attached hydrogens (tertiary/aromatic N) is 2. The van der Waals surface area contributed by atoms with Gasteiger partial charge >= 0.3 is 0 Å². The Bertz CT molecular complexity index is 1080. The average Bonchev–Trinajstić information content (AvgIpc) is 3.38. The number of methoxy groups -OCH3 is 1. The third-order valence-electron chi connectivity index (χ3n) is 5.15. The van der Waals surface area contributed by atoms with Gasteiger partial charge in [0.05, 0.1) is 7.11 Å². The van der Waals surface area contributed by atoms with E-state index in [2.05, 4.69) is 15.6 Å². The summed E-state index contributed by atoms with van der Waals surface area (Å²) in [4.78, 5) is 43.3. The molecule has 1 aromatic heterocycles. The summed E-state index contributed by atoms with van der Waals surface area (Å²) in [5, 5.41) is 7.76. The van der Waals surface area contributed by atoms with Gasteiger partial charge in [-0.25, -0.2) is 4.98 Å². The third kappa shape index (κ3) is 7.41. The van der Waals surface area contributed by atoms with E-state index >= 15 is 0 Å². The Hall–Kier alpha value is -3.72. The van der Waals surface area contributed by atoms with Gasteiger partial charge in [-0.05, 0) is 41.8 Å². The normalized spacial score (nSPS) is 10.4. The molecule has 3 aromatic rings. The van der Waals surface area contributed by atoms with Crippen LogP contribution in [0.2, 0.25) is 0 Å². The highest BCUT2D eigenvalue weighted by molar-refractivity contribution is 7.13. The second kappa shape index (κ2) is 12.5. The Balaban J connectivity index is 1.62. The largest absolute Gasteiger partial charge is 0.497 e. The predicted molar refractivity (Wildman–Crippen MR) is 133 cm³/mol. The molecular formula is C25H28N4O4S. The molecule has 0 aliphatic rings. The van der Waals surface area contributed by atoms with Crippen molar-refractivity contribution in [2.75, 3.05) is 23.9 Å². The van der Waals surface area contributed by atoms with Crippen molar-refractivity contribution in [2.24, 2.45) is 0 Å². The molecule has 0 saturated carbocycles. The maximum Gasteiger partial charge on any atom is 0.240 e. The molecule has 0 radical (unpaired) electrons. The van der Waals surface area contributed by atoms with E-state index in [0.717, 1.165) is 23.3 Å². The van der Waals surface area contributed by atoms with E-state index < -0.39 is 0 Å². The number of thiazole rings is 1. The number of benzene rings is 2. The van der Waals surface area contributed by atoms with Gasteiger partial charge in [-0.15, -0.1) is 11.3 Å². The first kappa shape index (κ1) is 24.9. The van der Waals surface area contributed by atoms with Gasteiger partial charge in [0.15, 0.2) is 5.13 Å². The monoisotopic (exact) mass is 480 g/mol. The van der Waals surface area contributed by atoms with E-state index in [4.69, 9.17) is 4.74 Å². The fourth-order valence-electron chi connectivity index (χ4n) is 3.20. The van der Waals surface area contributed by atoms with Crippen LogP contribution in [0, 0.1) is 0 Å². The van der Waals surface area contributed by atoms with E-state index in [0.29, 0.717) is 17.4 Å². The van der Waals surface area contributed by atoms with Crippen molar-refractivity contribution in [1.82, 2.24) is 10.3 Å². The van der Waals surface area contributed by atoms with Crippen molar-refractivity contribution < 1.29 is 19.1 Å². The summed E-state index contributed by atoms with van der Waals surface area (Å²) in [6, 6.07) is 14.9. The Morgan fingerprint density at radius 1 is 0.971 bits per heavy atom. The quantitative estimate of drug-likeness (QED) is 0.435. The molecule has 0 aliphatic carbocycles. The molecule has 3 amide bonds. The van der Waals surface area contributed by atoms with Crippen LogP contribution < -0.4 is 20.3 Å². The molecule has 0 fully saturated rings. The van der Waals surface area contributed by atoms with E-state index in [1.165, 1.54) is 16.2 Å². The first-order chi connectivity index (χ1) is 16.5. The number of nitrogens with one attached hydrogen (secondary N) is 2. The van der Waals surface area contributed by atoms with Gasteiger partial charge in [0, 0.05) is 36.7 Å².